The number of amides is 1. The molecule has 0 unspecified atom stereocenters. The van der Waals surface area contributed by atoms with Crippen molar-refractivity contribution in [1.82, 2.24) is 5.32 Å². The Hall–Kier alpha value is -1.39. The number of carbonyl (C=O) groups excluding carboxylic acids is 2. The second kappa shape index (κ2) is 6.98. The number of carboxylic acid groups (broad SMARTS) is 1. The molecule has 1 amide bonds. The molecule has 0 aliphatic heterocycles. The summed E-state index contributed by atoms with van der Waals surface area (Å²) in [4.78, 5) is 32.8. The summed E-state index contributed by atoms with van der Waals surface area (Å²) >= 11 is 0. The highest BCUT2D eigenvalue weighted by Crippen LogP contribution is 2.03. The Kier molecular flexibility index (Phi) is 6.37. The molecule has 0 rings (SSSR count). The van der Waals surface area contributed by atoms with Gasteiger partial charge in [0.2, 0.25) is 5.91 Å². The maximum Gasteiger partial charge on any atom is 0.326 e. The highest BCUT2D eigenvalue weighted by molar-refractivity contribution is 5.84. The monoisotopic (exact) mass is 229 g/mol. The van der Waals surface area contributed by atoms with Crippen molar-refractivity contribution >= 4 is 17.7 Å². The lowest BCUT2D eigenvalue weighted by Gasteiger charge is -2.17. The normalized spacial score (nSPS) is 12.2. The standard InChI is InChI=1S/C11H19NO4/c1-7(2)10(11(15)16)12-9(14)6-4-5-8(3)13/h7,10H,4-6H2,1-3H3,(H,12,14)(H,15,16)/t10-/m0/s1. The van der Waals surface area contributed by atoms with Crippen molar-refractivity contribution in [3.8, 4) is 0 Å². The molecule has 16 heavy (non-hydrogen) atoms. The van der Waals surface area contributed by atoms with Crippen molar-refractivity contribution in [3.63, 3.8) is 0 Å². The fraction of sp³-hybridized carbons (Fsp3) is 0.727. The molecule has 0 saturated heterocycles. The van der Waals surface area contributed by atoms with E-state index in [9.17, 15) is 14.4 Å². The van der Waals surface area contributed by atoms with Gasteiger partial charge in [0.05, 0.1) is 0 Å². The van der Waals surface area contributed by atoms with Crippen molar-refractivity contribution in [2.24, 2.45) is 5.92 Å². The Bertz CT molecular complexity index is 273. The van der Waals surface area contributed by atoms with E-state index < -0.39 is 12.0 Å². The lowest BCUT2D eigenvalue weighted by atomic mass is 10.0. The molecular formula is C11H19NO4. The van der Waals surface area contributed by atoms with Gasteiger partial charge >= 0.3 is 5.97 Å². The maximum absolute atomic E-state index is 11.4. The van der Waals surface area contributed by atoms with E-state index in [2.05, 4.69) is 5.32 Å². The lowest BCUT2D eigenvalue weighted by molar-refractivity contribution is -0.143. The van der Waals surface area contributed by atoms with Gasteiger partial charge in [-0.15, -0.1) is 0 Å². The van der Waals surface area contributed by atoms with Crippen LogP contribution in [0, 0.1) is 5.92 Å². The number of carboxylic acids is 1. The Morgan fingerprint density at radius 3 is 2.12 bits per heavy atom. The van der Waals surface area contributed by atoms with Crippen LogP contribution in [0.4, 0.5) is 0 Å². The van der Waals surface area contributed by atoms with Gasteiger partial charge in [-0.05, 0) is 19.3 Å². The molecule has 1 atom stereocenters. The van der Waals surface area contributed by atoms with Gasteiger partial charge < -0.3 is 15.2 Å². The molecule has 0 aromatic carbocycles. The number of rotatable bonds is 7. The van der Waals surface area contributed by atoms with E-state index in [1.54, 1.807) is 13.8 Å². The molecule has 0 aromatic heterocycles. The molecule has 0 aliphatic carbocycles. The summed E-state index contributed by atoms with van der Waals surface area (Å²) in [5, 5.41) is 11.3. The van der Waals surface area contributed by atoms with E-state index in [0.717, 1.165) is 0 Å². The van der Waals surface area contributed by atoms with Crippen molar-refractivity contribution in [3.05, 3.63) is 0 Å². The van der Waals surface area contributed by atoms with Crippen molar-refractivity contribution in [2.75, 3.05) is 0 Å². The summed E-state index contributed by atoms with van der Waals surface area (Å²) in [6, 6.07) is -0.857. The van der Waals surface area contributed by atoms with Crippen LogP contribution in [0.2, 0.25) is 0 Å². The summed E-state index contributed by atoms with van der Waals surface area (Å²) in [6.07, 6.45) is 1.01. The first-order valence-electron chi connectivity index (χ1n) is 5.36. The topological polar surface area (TPSA) is 83.5 Å². The molecule has 92 valence electrons. The fourth-order valence-electron chi connectivity index (χ4n) is 1.26. The summed E-state index contributed by atoms with van der Waals surface area (Å²) < 4.78 is 0. The van der Waals surface area contributed by atoms with Crippen LogP contribution in [0.25, 0.3) is 0 Å². The molecule has 0 aliphatic rings. The Labute approximate surface area is 95.2 Å². The Balaban J connectivity index is 4.01. The van der Waals surface area contributed by atoms with E-state index in [-0.39, 0.29) is 24.0 Å². The second-order valence-electron chi connectivity index (χ2n) is 4.18. The molecule has 0 aromatic rings. The predicted molar refractivity (Wildman–Crippen MR) is 58.9 cm³/mol. The minimum atomic E-state index is -1.03. The first-order chi connectivity index (χ1) is 7.34. The number of aliphatic carboxylic acids is 1. The first-order valence-corrected chi connectivity index (χ1v) is 5.36. The smallest absolute Gasteiger partial charge is 0.326 e. The first kappa shape index (κ1) is 14.6. The number of carbonyl (C=O) groups is 3. The van der Waals surface area contributed by atoms with E-state index in [1.807, 2.05) is 0 Å². The van der Waals surface area contributed by atoms with Crippen molar-refractivity contribution in [1.29, 1.82) is 0 Å². The Morgan fingerprint density at radius 1 is 1.19 bits per heavy atom. The zero-order chi connectivity index (χ0) is 12.7. The van der Waals surface area contributed by atoms with Crippen LogP contribution in [0.1, 0.15) is 40.0 Å². The van der Waals surface area contributed by atoms with Gasteiger partial charge in [-0.2, -0.15) is 0 Å². The number of hydrogen-bond acceptors (Lipinski definition) is 3. The highest BCUT2D eigenvalue weighted by atomic mass is 16.4. The maximum atomic E-state index is 11.4. The number of ketones is 1. The molecule has 0 bridgehead atoms. The second-order valence-corrected chi connectivity index (χ2v) is 4.18. The van der Waals surface area contributed by atoms with Crippen molar-refractivity contribution in [2.45, 2.75) is 46.1 Å². The number of hydrogen-bond donors (Lipinski definition) is 2. The molecule has 0 heterocycles. The third-order valence-electron chi connectivity index (χ3n) is 2.18. The fourth-order valence-corrected chi connectivity index (χ4v) is 1.26. The Morgan fingerprint density at radius 2 is 1.75 bits per heavy atom. The van der Waals surface area contributed by atoms with Crippen LogP contribution in [-0.4, -0.2) is 28.8 Å². The van der Waals surface area contributed by atoms with Gasteiger partial charge in [-0.25, -0.2) is 4.79 Å². The highest BCUT2D eigenvalue weighted by Gasteiger charge is 2.22. The van der Waals surface area contributed by atoms with Crippen LogP contribution in [-0.2, 0) is 14.4 Å². The van der Waals surface area contributed by atoms with Gasteiger partial charge in [0.15, 0.2) is 0 Å². The van der Waals surface area contributed by atoms with Gasteiger partial charge in [-0.1, -0.05) is 13.8 Å². The van der Waals surface area contributed by atoms with Crippen molar-refractivity contribution < 1.29 is 19.5 Å². The number of Topliss-reactive ketones (excluding diaryl/α,β-unsaturated/α-hetero) is 1. The molecule has 5 nitrogen and oxygen atoms in total. The zero-order valence-corrected chi connectivity index (χ0v) is 9.95. The molecular weight excluding hydrogens is 210 g/mol. The van der Waals surface area contributed by atoms with Gasteiger partial charge in [-0.3, -0.25) is 4.79 Å². The van der Waals surface area contributed by atoms with Gasteiger partial charge in [0.25, 0.3) is 0 Å². The van der Waals surface area contributed by atoms with Gasteiger partial charge in [0, 0.05) is 12.8 Å². The molecule has 0 fully saturated rings. The van der Waals surface area contributed by atoms with Crippen LogP contribution in [0.5, 0.6) is 0 Å². The van der Waals surface area contributed by atoms with Crippen LogP contribution >= 0.6 is 0 Å². The summed E-state index contributed by atoms with van der Waals surface area (Å²) in [7, 11) is 0. The minimum absolute atomic E-state index is 0.0337. The molecule has 0 saturated carbocycles. The molecule has 5 heteroatoms. The van der Waals surface area contributed by atoms with Crippen LogP contribution in [0.15, 0.2) is 0 Å². The SMILES string of the molecule is CC(=O)CCCC(=O)N[C@H](C(=O)O)C(C)C. The van der Waals surface area contributed by atoms with E-state index in [4.69, 9.17) is 5.11 Å². The van der Waals surface area contributed by atoms with E-state index in [1.165, 1.54) is 6.92 Å². The average Bonchev–Trinajstić information content (AvgIpc) is 2.12. The average molecular weight is 229 g/mol. The molecule has 0 spiro atoms. The third-order valence-corrected chi connectivity index (χ3v) is 2.18. The predicted octanol–water partition coefficient (Wildman–Crippen LogP) is 0.971. The molecule has 2 N–H and O–H groups in total. The zero-order valence-electron chi connectivity index (χ0n) is 9.95. The quantitative estimate of drug-likeness (QED) is 0.681. The van der Waals surface area contributed by atoms with E-state index in [0.29, 0.717) is 12.8 Å². The summed E-state index contributed by atoms with van der Waals surface area (Å²) in [6.45, 7) is 4.93. The molecule has 0 radical (unpaired) electrons. The number of nitrogens with one attached hydrogen (secondary N) is 1. The van der Waals surface area contributed by atoms with Gasteiger partial charge in [0.1, 0.15) is 11.8 Å². The summed E-state index contributed by atoms with van der Waals surface area (Å²) in [5.41, 5.74) is 0. The van der Waals surface area contributed by atoms with Crippen LogP contribution < -0.4 is 5.32 Å². The van der Waals surface area contributed by atoms with E-state index >= 15 is 0 Å². The lowest BCUT2D eigenvalue weighted by Crippen LogP contribution is -2.44. The summed E-state index contributed by atoms with van der Waals surface area (Å²) in [5.74, 6) is -1.47. The largest absolute Gasteiger partial charge is 0.480 e. The van der Waals surface area contributed by atoms with Crippen LogP contribution in [0.3, 0.4) is 0 Å². The third kappa shape index (κ3) is 6.16. The minimum Gasteiger partial charge on any atom is -0.480 e.